The number of benzene rings is 1. The second-order valence-electron chi connectivity index (χ2n) is 7.73. The summed E-state index contributed by atoms with van der Waals surface area (Å²) in [6.07, 6.45) is 4.27. The first-order valence-corrected chi connectivity index (χ1v) is 9.24. The molecular formula is C22H28N2O4. The molecule has 0 saturated carbocycles. The Balaban J connectivity index is 2.19. The Morgan fingerprint density at radius 2 is 1.75 bits per heavy atom. The molecule has 0 unspecified atom stereocenters. The van der Waals surface area contributed by atoms with E-state index in [1.54, 1.807) is 26.5 Å². The van der Waals surface area contributed by atoms with Gasteiger partial charge in [-0.05, 0) is 62.6 Å². The Morgan fingerprint density at radius 1 is 1.07 bits per heavy atom. The smallest absolute Gasteiger partial charge is 0.306 e. The Labute approximate surface area is 166 Å². The van der Waals surface area contributed by atoms with Crippen LogP contribution in [0.1, 0.15) is 32.8 Å². The van der Waals surface area contributed by atoms with Crippen molar-refractivity contribution in [3.63, 3.8) is 0 Å². The predicted molar refractivity (Wildman–Crippen MR) is 108 cm³/mol. The third-order valence-corrected chi connectivity index (χ3v) is 3.92. The number of ether oxygens (including phenoxy) is 2. The number of nitrogens with zero attached hydrogens (tertiary/aromatic N) is 2. The number of carbonyl (C=O) groups is 2. The third kappa shape index (κ3) is 6.68. The lowest BCUT2D eigenvalue weighted by Crippen LogP contribution is -2.27. The highest BCUT2D eigenvalue weighted by atomic mass is 16.6. The van der Waals surface area contributed by atoms with Crippen molar-refractivity contribution in [1.82, 2.24) is 9.88 Å². The van der Waals surface area contributed by atoms with Crippen molar-refractivity contribution in [3.8, 4) is 16.9 Å². The molecule has 0 saturated heterocycles. The molecule has 0 bridgehead atoms. The Bertz CT molecular complexity index is 811. The SMILES string of the molecule is CN(C)C(=O)COc1ccc(CCC(=O)OC(C)(C)C)cc1-c1ccncc1. The van der Waals surface area contributed by atoms with Crippen molar-refractivity contribution in [1.29, 1.82) is 0 Å². The molecule has 0 aliphatic heterocycles. The van der Waals surface area contributed by atoms with Crippen LogP contribution in [0.4, 0.5) is 0 Å². The lowest BCUT2D eigenvalue weighted by atomic mass is 10.0. The second kappa shape index (κ2) is 9.35. The van der Waals surface area contributed by atoms with Gasteiger partial charge < -0.3 is 14.4 Å². The molecule has 1 aromatic heterocycles. The van der Waals surface area contributed by atoms with Gasteiger partial charge in [-0.3, -0.25) is 14.6 Å². The average molecular weight is 384 g/mol. The summed E-state index contributed by atoms with van der Waals surface area (Å²) in [5.74, 6) is 0.270. The molecule has 0 fully saturated rings. The number of esters is 1. The lowest BCUT2D eigenvalue weighted by Gasteiger charge is -2.19. The van der Waals surface area contributed by atoms with Crippen LogP contribution in [0.15, 0.2) is 42.7 Å². The summed E-state index contributed by atoms with van der Waals surface area (Å²) in [6, 6.07) is 9.49. The van der Waals surface area contributed by atoms with Gasteiger partial charge in [0.05, 0.1) is 0 Å². The molecule has 0 radical (unpaired) electrons. The molecule has 6 heteroatoms. The number of rotatable bonds is 7. The molecule has 0 aliphatic rings. The van der Waals surface area contributed by atoms with Gasteiger partial charge in [-0.25, -0.2) is 0 Å². The number of pyridine rings is 1. The van der Waals surface area contributed by atoms with Crippen LogP contribution in [0.3, 0.4) is 0 Å². The van der Waals surface area contributed by atoms with Crippen LogP contribution in [0.2, 0.25) is 0 Å². The van der Waals surface area contributed by atoms with Gasteiger partial charge in [0.15, 0.2) is 6.61 Å². The quantitative estimate of drug-likeness (QED) is 0.684. The standard InChI is InChI=1S/C22H28N2O4/c1-22(2,3)28-21(26)9-7-16-6-8-19(27-15-20(25)24(4)5)18(14-16)17-10-12-23-13-11-17/h6,8,10-14H,7,9,15H2,1-5H3. The van der Waals surface area contributed by atoms with Crippen molar-refractivity contribution in [3.05, 3.63) is 48.3 Å². The van der Waals surface area contributed by atoms with Crippen LogP contribution >= 0.6 is 0 Å². The minimum atomic E-state index is -0.490. The highest BCUT2D eigenvalue weighted by molar-refractivity contribution is 5.78. The molecule has 1 aromatic carbocycles. The first-order valence-electron chi connectivity index (χ1n) is 9.24. The van der Waals surface area contributed by atoms with E-state index >= 15 is 0 Å². The van der Waals surface area contributed by atoms with E-state index in [0.717, 1.165) is 16.7 Å². The molecule has 0 N–H and O–H groups in total. The fourth-order valence-electron chi connectivity index (χ4n) is 2.52. The van der Waals surface area contributed by atoms with Gasteiger partial charge in [0.1, 0.15) is 11.4 Å². The zero-order valence-electron chi connectivity index (χ0n) is 17.2. The minimum Gasteiger partial charge on any atom is -0.483 e. The molecule has 28 heavy (non-hydrogen) atoms. The Morgan fingerprint density at radius 3 is 2.36 bits per heavy atom. The predicted octanol–water partition coefficient (Wildman–Crippen LogP) is 3.49. The van der Waals surface area contributed by atoms with Gasteiger partial charge in [0.25, 0.3) is 5.91 Å². The summed E-state index contributed by atoms with van der Waals surface area (Å²) in [7, 11) is 3.38. The normalized spacial score (nSPS) is 11.0. The fourth-order valence-corrected chi connectivity index (χ4v) is 2.52. The van der Waals surface area contributed by atoms with E-state index in [9.17, 15) is 9.59 Å². The van der Waals surface area contributed by atoms with Crippen LogP contribution < -0.4 is 4.74 Å². The van der Waals surface area contributed by atoms with Crippen molar-refractivity contribution >= 4 is 11.9 Å². The number of likely N-dealkylation sites (N-methyl/N-ethyl adjacent to an activating group) is 1. The molecule has 0 atom stereocenters. The van der Waals surface area contributed by atoms with Crippen molar-refractivity contribution in [2.24, 2.45) is 0 Å². The van der Waals surface area contributed by atoms with Crippen LogP contribution in [0.25, 0.3) is 11.1 Å². The molecular weight excluding hydrogens is 356 g/mol. The molecule has 6 nitrogen and oxygen atoms in total. The van der Waals surface area contributed by atoms with Gasteiger partial charge >= 0.3 is 5.97 Å². The summed E-state index contributed by atoms with van der Waals surface area (Å²) < 4.78 is 11.1. The van der Waals surface area contributed by atoms with E-state index in [1.165, 1.54) is 4.90 Å². The van der Waals surface area contributed by atoms with Gasteiger partial charge in [-0.2, -0.15) is 0 Å². The number of carbonyl (C=O) groups excluding carboxylic acids is 2. The van der Waals surface area contributed by atoms with Crippen molar-refractivity contribution < 1.29 is 19.1 Å². The highest BCUT2D eigenvalue weighted by Gasteiger charge is 2.17. The van der Waals surface area contributed by atoms with Crippen LogP contribution in [0, 0.1) is 0 Å². The van der Waals surface area contributed by atoms with Crippen LogP contribution in [0.5, 0.6) is 5.75 Å². The first kappa shape index (κ1) is 21.4. The molecule has 0 aliphatic carbocycles. The summed E-state index contributed by atoms with van der Waals surface area (Å²) in [4.78, 5) is 29.4. The second-order valence-corrected chi connectivity index (χ2v) is 7.73. The zero-order valence-corrected chi connectivity index (χ0v) is 17.2. The van der Waals surface area contributed by atoms with Crippen molar-refractivity contribution in [2.45, 2.75) is 39.2 Å². The molecule has 150 valence electrons. The summed E-state index contributed by atoms with van der Waals surface area (Å²) in [6.45, 7) is 5.52. The van der Waals surface area contributed by atoms with E-state index in [2.05, 4.69) is 4.98 Å². The van der Waals surface area contributed by atoms with Crippen LogP contribution in [-0.4, -0.2) is 48.1 Å². The molecule has 2 rings (SSSR count). The number of aryl methyl sites for hydroxylation is 1. The molecule has 0 spiro atoms. The van der Waals surface area contributed by atoms with E-state index in [4.69, 9.17) is 9.47 Å². The number of hydrogen-bond acceptors (Lipinski definition) is 5. The van der Waals surface area contributed by atoms with Gasteiger partial charge in [0.2, 0.25) is 0 Å². The molecule has 2 aromatic rings. The Kier molecular flexibility index (Phi) is 7.15. The minimum absolute atomic E-state index is 0.0393. The zero-order chi connectivity index (χ0) is 20.7. The van der Waals surface area contributed by atoms with Crippen LogP contribution in [-0.2, 0) is 20.7 Å². The van der Waals surface area contributed by atoms with E-state index < -0.39 is 5.60 Å². The first-order chi connectivity index (χ1) is 13.2. The maximum atomic E-state index is 12.0. The monoisotopic (exact) mass is 384 g/mol. The molecule has 1 amide bonds. The van der Waals surface area contributed by atoms with Gasteiger partial charge in [-0.15, -0.1) is 0 Å². The largest absolute Gasteiger partial charge is 0.483 e. The van der Waals surface area contributed by atoms with Crippen molar-refractivity contribution in [2.75, 3.05) is 20.7 Å². The van der Waals surface area contributed by atoms with Gasteiger partial charge in [0, 0.05) is 38.5 Å². The summed E-state index contributed by atoms with van der Waals surface area (Å²) in [5.41, 5.74) is 2.29. The van der Waals surface area contributed by atoms with E-state index in [-0.39, 0.29) is 18.5 Å². The van der Waals surface area contributed by atoms with E-state index in [1.807, 2.05) is 51.1 Å². The maximum absolute atomic E-state index is 12.0. The summed E-state index contributed by atoms with van der Waals surface area (Å²) >= 11 is 0. The number of hydrogen-bond donors (Lipinski definition) is 0. The Hall–Kier alpha value is -2.89. The third-order valence-electron chi connectivity index (χ3n) is 3.92. The lowest BCUT2D eigenvalue weighted by molar-refractivity contribution is -0.154. The average Bonchev–Trinajstić information content (AvgIpc) is 2.64. The molecule has 1 heterocycles. The maximum Gasteiger partial charge on any atom is 0.306 e. The number of amides is 1. The van der Waals surface area contributed by atoms with Gasteiger partial charge in [-0.1, -0.05) is 6.07 Å². The van der Waals surface area contributed by atoms with E-state index in [0.29, 0.717) is 18.6 Å². The summed E-state index contributed by atoms with van der Waals surface area (Å²) in [5, 5.41) is 0. The number of aromatic nitrogens is 1. The fraction of sp³-hybridized carbons (Fsp3) is 0.409. The topological polar surface area (TPSA) is 68.7 Å². The highest BCUT2D eigenvalue weighted by Crippen LogP contribution is 2.31.